The van der Waals surface area contributed by atoms with Crippen LogP contribution in [0.25, 0.3) is 0 Å². The molecule has 1 aliphatic carbocycles. The van der Waals surface area contributed by atoms with Gasteiger partial charge in [-0.25, -0.2) is 0 Å². The number of pyridine rings is 1. The lowest BCUT2D eigenvalue weighted by Gasteiger charge is -2.04. The SMILES string of the molecule is Cc1cccc(C2CC2C(=O)Nc2ccn(CCc3ccncc3)n2)c1. The van der Waals surface area contributed by atoms with E-state index in [1.54, 1.807) is 12.4 Å². The van der Waals surface area contributed by atoms with Crippen LogP contribution in [0, 0.1) is 12.8 Å². The van der Waals surface area contributed by atoms with Crippen LogP contribution in [-0.4, -0.2) is 20.7 Å². The fourth-order valence-corrected chi connectivity index (χ4v) is 3.32. The molecule has 2 atom stereocenters. The third kappa shape index (κ3) is 3.82. The molecule has 3 aromatic rings. The second-order valence-electron chi connectivity index (χ2n) is 6.92. The van der Waals surface area contributed by atoms with Crippen LogP contribution in [0.2, 0.25) is 0 Å². The van der Waals surface area contributed by atoms with Crippen LogP contribution in [0.15, 0.2) is 61.1 Å². The average Bonchev–Trinajstić information content (AvgIpc) is 3.35. The van der Waals surface area contributed by atoms with Crippen LogP contribution in [0.4, 0.5) is 5.82 Å². The molecule has 0 spiro atoms. The molecular weight excluding hydrogens is 324 g/mol. The molecule has 132 valence electrons. The summed E-state index contributed by atoms with van der Waals surface area (Å²) in [4.78, 5) is 16.5. The van der Waals surface area contributed by atoms with Crippen LogP contribution in [0.5, 0.6) is 0 Å². The Kier molecular flexibility index (Phi) is 4.52. The third-order valence-corrected chi connectivity index (χ3v) is 4.87. The Morgan fingerprint density at radius 2 is 2.08 bits per heavy atom. The normalized spacial score (nSPS) is 18.5. The second-order valence-corrected chi connectivity index (χ2v) is 6.92. The molecule has 1 amide bonds. The Bertz CT molecular complexity index is 903. The summed E-state index contributed by atoms with van der Waals surface area (Å²) in [7, 11) is 0. The first kappa shape index (κ1) is 16.5. The van der Waals surface area contributed by atoms with Crippen molar-refractivity contribution in [3.05, 3.63) is 77.7 Å². The van der Waals surface area contributed by atoms with Crippen molar-refractivity contribution >= 4 is 11.7 Å². The van der Waals surface area contributed by atoms with Crippen molar-refractivity contribution in [3.63, 3.8) is 0 Å². The van der Waals surface area contributed by atoms with Crippen molar-refractivity contribution in [2.45, 2.75) is 32.2 Å². The van der Waals surface area contributed by atoms with Gasteiger partial charge in [0.25, 0.3) is 0 Å². The topological polar surface area (TPSA) is 59.8 Å². The van der Waals surface area contributed by atoms with Crippen molar-refractivity contribution in [2.24, 2.45) is 5.92 Å². The highest BCUT2D eigenvalue weighted by Crippen LogP contribution is 2.48. The van der Waals surface area contributed by atoms with Gasteiger partial charge < -0.3 is 5.32 Å². The predicted octanol–water partition coefficient (Wildman–Crippen LogP) is 3.57. The standard InChI is InChI=1S/C21H22N4O/c1-15-3-2-4-17(13-15)18-14-19(18)21(26)23-20-8-12-25(24-20)11-7-16-5-9-22-10-6-16/h2-6,8-10,12-13,18-19H,7,11,14H2,1H3,(H,23,24,26). The number of hydrogen-bond donors (Lipinski definition) is 1. The summed E-state index contributed by atoms with van der Waals surface area (Å²) < 4.78 is 1.86. The molecule has 1 saturated carbocycles. The Labute approximate surface area is 153 Å². The molecule has 1 fully saturated rings. The van der Waals surface area contributed by atoms with Gasteiger partial charge in [-0.3, -0.25) is 14.5 Å². The molecule has 2 heterocycles. The lowest BCUT2D eigenvalue weighted by atomic mass is 10.1. The average molecular weight is 346 g/mol. The highest BCUT2D eigenvalue weighted by atomic mass is 16.2. The number of carbonyl (C=O) groups excluding carboxylic acids is 1. The van der Waals surface area contributed by atoms with E-state index in [4.69, 9.17) is 0 Å². The minimum atomic E-state index is 0.0544. The Balaban J connectivity index is 1.31. The number of hydrogen-bond acceptors (Lipinski definition) is 3. The number of carbonyl (C=O) groups is 1. The number of rotatable bonds is 6. The molecule has 2 aromatic heterocycles. The summed E-state index contributed by atoms with van der Waals surface area (Å²) in [6.45, 7) is 2.86. The molecule has 4 rings (SSSR count). The maximum Gasteiger partial charge on any atom is 0.229 e. The van der Waals surface area contributed by atoms with Crippen LogP contribution < -0.4 is 5.32 Å². The maximum atomic E-state index is 12.5. The summed E-state index contributed by atoms with van der Waals surface area (Å²) in [6, 6.07) is 14.3. The number of nitrogens with one attached hydrogen (secondary N) is 1. The largest absolute Gasteiger partial charge is 0.309 e. The minimum Gasteiger partial charge on any atom is -0.309 e. The van der Waals surface area contributed by atoms with E-state index in [0.29, 0.717) is 11.7 Å². The zero-order valence-electron chi connectivity index (χ0n) is 14.8. The van der Waals surface area contributed by atoms with Crippen molar-refractivity contribution in [3.8, 4) is 0 Å². The number of benzene rings is 1. The smallest absolute Gasteiger partial charge is 0.229 e. The van der Waals surface area contributed by atoms with Crippen molar-refractivity contribution in [1.82, 2.24) is 14.8 Å². The van der Waals surface area contributed by atoms with E-state index in [0.717, 1.165) is 19.4 Å². The van der Waals surface area contributed by atoms with Gasteiger partial charge in [0.05, 0.1) is 0 Å². The summed E-state index contributed by atoms with van der Waals surface area (Å²) >= 11 is 0. The van der Waals surface area contributed by atoms with Crippen LogP contribution in [0.1, 0.15) is 29.0 Å². The second kappa shape index (κ2) is 7.12. The third-order valence-electron chi connectivity index (χ3n) is 4.87. The van der Waals surface area contributed by atoms with E-state index < -0.39 is 0 Å². The highest BCUT2D eigenvalue weighted by molar-refractivity contribution is 5.94. The highest BCUT2D eigenvalue weighted by Gasteiger charge is 2.44. The number of amides is 1. The van der Waals surface area contributed by atoms with Gasteiger partial charge in [0.1, 0.15) is 0 Å². The number of nitrogens with zero attached hydrogens (tertiary/aromatic N) is 3. The lowest BCUT2D eigenvalue weighted by molar-refractivity contribution is -0.117. The fraction of sp³-hybridized carbons (Fsp3) is 0.286. The van der Waals surface area contributed by atoms with Gasteiger partial charge in [-0.15, -0.1) is 0 Å². The molecule has 1 aromatic carbocycles. The molecule has 0 saturated heterocycles. The molecule has 1 aliphatic rings. The molecular formula is C21H22N4O. The lowest BCUT2D eigenvalue weighted by Crippen LogP contribution is -2.15. The van der Waals surface area contributed by atoms with Crippen LogP contribution in [-0.2, 0) is 17.8 Å². The molecule has 26 heavy (non-hydrogen) atoms. The van der Waals surface area contributed by atoms with Crippen LogP contribution in [0.3, 0.4) is 0 Å². The maximum absolute atomic E-state index is 12.5. The van der Waals surface area contributed by atoms with Gasteiger partial charge in [-0.2, -0.15) is 5.10 Å². The number of aryl methyl sites for hydroxylation is 3. The van der Waals surface area contributed by atoms with Gasteiger partial charge in [0.15, 0.2) is 5.82 Å². The Morgan fingerprint density at radius 1 is 1.23 bits per heavy atom. The van der Waals surface area contributed by atoms with E-state index in [-0.39, 0.29) is 11.8 Å². The van der Waals surface area contributed by atoms with E-state index in [2.05, 4.69) is 46.6 Å². The van der Waals surface area contributed by atoms with E-state index in [1.807, 2.05) is 29.1 Å². The minimum absolute atomic E-state index is 0.0544. The predicted molar refractivity (Wildman–Crippen MR) is 101 cm³/mol. The fourth-order valence-electron chi connectivity index (χ4n) is 3.32. The number of anilines is 1. The zero-order valence-corrected chi connectivity index (χ0v) is 14.8. The van der Waals surface area contributed by atoms with Crippen molar-refractivity contribution in [2.75, 3.05) is 5.32 Å². The summed E-state index contributed by atoms with van der Waals surface area (Å²) in [5.74, 6) is 1.08. The first-order valence-corrected chi connectivity index (χ1v) is 8.99. The van der Waals surface area contributed by atoms with E-state index in [1.165, 1.54) is 16.7 Å². The van der Waals surface area contributed by atoms with Gasteiger partial charge in [-0.05, 0) is 48.9 Å². The van der Waals surface area contributed by atoms with Crippen molar-refractivity contribution < 1.29 is 4.79 Å². The zero-order chi connectivity index (χ0) is 17.9. The Hall–Kier alpha value is -2.95. The van der Waals surface area contributed by atoms with Crippen LogP contribution >= 0.6 is 0 Å². The van der Waals surface area contributed by atoms with Gasteiger partial charge in [-0.1, -0.05) is 29.8 Å². The molecule has 2 unspecified atom stereocenters. The number of aromatic nitrogens is 3. The molecule has 0 aliphatic heterocycles. The summed E-state index contributed by atoms with van der Waals surface area (Å²) in [5, 5.41) is 7.41. The first-order valence-electron chi connectivity index (χ1n) is 8.99. The summed E-state index contributed by atoms with van der Waals surface area (Å²) in [5.41, 5.74) is 3.72. The van der Waals surface area contributed by atoms with Gasteiger partial charge >= 0.3 is 0 Å². The monoisotopic (exact) mass is 346 g/mol. The molecule has 0 radical (unpaired) electrons. The van der Waals surface area contributed by atoms with Crippen molar-refractivity contribution in [1.29, 1.82) is 0 Å². The van der Waals surface area contributed by atoms with Gasteiger partial charge in [0, 0.05) is 37.1 Å². The van der Waals surface area contributed by atoms with Gasteiger partial charge in [0.2, 0.25) is 5.91 Å². The van der Waals surface area contributed by atoms with E-state index >= 15 is 0 Å². The Morgan fingerprint density at radius 3 is 2.88 bits per heavy atom. The first-order chi connectivity index (χ1) is 12.7. The molecule has 5 nitrogen and oxygen atoms in total. The molecule has 1 N–H and O–H groups in total. The molecule has 0 bridgehead atoms. The summed E-state index contributed by atoms with van der Waals surface area (Å²) in [6.07, 6.45) is 7.30. The molecule has 5 heteroatoms. The quantitative estimate of drug-likeness (QED) is 0.742. The van der Waals surface area contributed by atoms with E-state index in [9.17, 15) is 4.79 Å².